The summed E-state index contributed by atoms with van der Waals surface area (Å²) in [6.07, 6.45) is 27.0. The molecule has 2 saturated carbocycles. The van der Waals surface area contributed by atoms with E-state index in [4.69, 9.17) is 0 Å². The van der Waals surface area contributed by atoms with Crippen LogP contribution in [-0.4, -0.2) is 0 Å². The van der Waals surface area contributed by atoms with E-state index in [0.29, 0.717) is 10.8 Å². The first-order chi connectivity index (χ1) is 12.2. The van der Waals surface area contributed by atoms with Gasteiger partial charge in [-0.3, -0.25) is 0 Å². The fourth-order valence-electron chi connectivity index (χ4n) is 6.15. The molecule has 0 atom stereocenters. The Balaban J connectivity index is 0.00000131. The molecular formula is C24H36Cl2Zr. The number of hydrogen-bond donors (Lipinski definition) is 0. The number of rotatable bonds is 6. The van der Waals surface area contributed by atoms with Crippen LogP contribution >= 0.6 is 24.8 Å². The average molecular weight is 487 g/mol. The van der Waals surface area contributed by atoms with Crippen LogP contribution < -0.4 is 0 Å². The Morgan fingerprint density at radius 1 is 0.704 bits per heavy atom. The Hall–Kier alpha value is 0.423. The summed E-state index contributed by atoms with van der Waals surface area (Å²) < 4.78 is 3.88. The van der Waals surface area contributed by atoms with Gasteiger partial charge in [-0.25, -0.2) is 0 Å². The first-order valence-electron chi connectivity index (χ1n) is 10.8. The molecule has 0 aromatic rings. The maximum Gasteiger partial charge on any atom is -0.147 e. The van der Waals surface area contributed by atoms with Gasteiger partial charge in [0.1, 0.15) is 0 Å². The van der Waals surface area contributed by atoms with Crippen molar-refractivity contribution in [2.75, 3.05) is 0 Å². The van der Waals surface area contributed by atoms with E-state index in [1.54, 1.807) is 0 Å². The van der Waals surface area contributed by atoms with Crippen molar-refractivity contribution >= 4 is 24.8 Å². The van der Waals surface area contributed by atoms with E-state index in [9.17, 15) is 0 Å². The quantitative estimate of drug-likeness (QED) is 0.354. The van der Waals surface area contributed by atoms with Gasteiger partial charge in [0.05, 0.1) is 0 Å². The van der Waals surface area contributed by atoms with Gasteiger partial charge in [-0.05, 0) is 0 Å². The average Bonchev–Trinajstić information content (AvgIpc) is 3.42. The summed E-state index contributed by atoms with van der Waals surface area (Å²) in [7, 11) is 0. The summed E-state index contributed by atoms with van der Waals surface area (Å²) in [5, 5.41) is 0. The first-order valence-corrected chi connectivity index (χ1v) is 13.3. The van der Waals surface area contributed by atoms with Crippen LogP contribution in [0, 0.1) is 10.8 Å². The third-order valence-electron chi connectivity index (χ3n) is 7.78. The Kier molecular flexibility index (Phi) is 8.74. The summed E-state index contributed by atoms with van der Waals surface area (Å²) in [6.45, 7) is 4.89. The molecule has 150 valence electrons. The molecule has 0 radical (unpaired) electrons. The Labute approximate surface area is 190 Å². The standard InChI is InChI=1S/2C12H17.2ClH.Zr/c2*1-2-12(9-5-6-10-12)11-7-3-4-8-11;;;/h2*3,7H,2,4-6,9-10H2,1H3;2*1H;. The van der Waals surface area contributed by atoms with E-state index in [1.807, 2.05) is 17.7 Å². The van der Waals surface area contributed by atoms with Gasteiger partial charge in [0, 0.05) is 0 Å². The summed E-state index contributed by atoms with van der Waals surface area (Å²) in [4.78, 5) is 0. The van der Waals surface area contributed by atoms with Crippen LogP contribution in [0.2, 0.25) is 0 Å². The van der Waals surface area contributed by atoms with Crippen molar-refractivity contribution in [1.29, 1.82) is 0 Å². The van der Waals surface area contributed by atoms with Crippen LogP contribution in [0.25, 0.3) is 0 Å². The molecular weight excluding hydrogens is 450 g/mol. The Morgan fingerprint density at radius 3 is 1.41 bits per heavy atom. The van der Waals surface area contributed by atoms with Crippen LogP contribution in [0.15, 0.2) is 42.0 Å². The van der Waals surface area contributed by atoms with Crippen molar-refractivity contribution in [2.45, 2.75) is 90.9 Å². The summed E-state index contributed by atoms with van der Waals surface area (Å²) in [5.74, 6) is 0. The molecule has 0 N–H and O–H groups in total. The van der Waals surface area contributed by atoms with Gasteiger partial charge in [-0.15, -0.1) is 24.8 Å². The Morgan fingerprint density at radius 2 is 1.07 bits per heavy atom. The van der Waals surface area contributed by atoms with Crippen LogP contribution in [-0.2, 0) is 23.2 Å². The van der Waals surface area contributed by atoms with Crippen molar-refractivity contribution in [1.82, 2.24) is 0 Å². The normalized spacial score (nSPS) is 25.1. The molecule has 0 saturated heterocycles. The minimum absolute atomic E-state index is 0. The van der Waals surface area contributed by atoms with Gasteiger partial charge < -0.3 is 0 Å². The van der Waals surface area contributed by atoms with E-state index in [1.165, 1.54) is 77.0 Å². The van der Waals surface area contributed by atoms with Crippen molar-refractivity contribution < 1.29 is 23.2 Å². The maximum absolute atomic E-state index is 2.55. The molecule has 0 spiro atoms. The predicted octanol–water partition coefficient (Wildman–Crippen LogP) is 8.28. The summed E-state index contributed by atoms with van der Waals surface area (Å²) >= 11 is -0.596. The second kappa shape index (κ2) is 9.95. The van der Waals surface area contributed by atoms with Gasteiger partial charge in [0.15, 0.2) is 0 Å². The van der Waals surface area contributed by atoms with Crippen LogP contribution in [0.5, 0.6) is 0 Å². The SMILES string of the molecule is CCC1(C2=[C]([Zr][C]3=C(C4(CC)CCCC4)C=CC3)CC=C2)CCCC1.Cl.Cl. The molecule has 0 unspecified atom stereocenters. The molecule has 0 aromatic heterocycles. The molecule has 4 aliphatic rings. The van der Waals surface area contributed by atoms with Crippen molar-refractivity contribution in [3.05, 3.63) is 42.0 Å². The Bertz CT molecular complexity index is 585. The summed E-state index contributed by atoms with van der Waals surface area (Å²) in [5.41, 5.74) is 4.78. The molecule has 4 rings (SSSR count). The fourth-order valence-corrected chi connectivity index (χ4v) is 10.5. The second-order valence-electron chi connectivity index (χ2n) is 8.80. The molecule has 0 aliphatic heterocycles. The maximum atomic E-state index is 2.55. The van der Waals surface area contributed by atoms with Crippen molar-refractivity contribution in [3.63, 3.8) is 0 Å². The van der Waals surface area contributed by atoms with E-state index in [-0.39, 0.29) is 24.8 Å². The monoisotopic (exact) mass is 484 g/mol. The third-order valence-corrected chi connectivity index (χ3v) is 11.6. The molecule has 0 amide bonds. The van der Waals surface area contributed by atoms with Gasteiger partial charge in [0.25, 0.3) is 0 Å². The zero-order valence-corrected chi connectivity index (χ0v) is 21.2. The fraction of sp³-hybridized carbons (Fsp3) is 0.667. The molecule has 0 nitrogen and oxygen atoms in total. The van der Waals surface area contributed by atoms with E-state index < -0.39 is 23.2 Å². The van der Waals surface area contributed by atoms with Crippen molar-refractivity contribution in [2.24, 2.45) is 10.8 Å². The number of allylic oxidation sites excluding steroid dienone is 8. The molecule has 2 fully saturated rings. The van der Waals surface area contributed by atoms with Gasteiger partial charge >= 0.3 is 167 Å². The van der Waals surface area contributed by atoms with Gasteiger partial charge in [-0.2, -0.15) is 0 Å². The van der Waals surface area contributed by atoms with E-state index >= 15 is 0 Å². The topological polar surface area (TPSA) is 0 Å². The van der Waals surface area contributed by atoms with E-state index in [0.717, 1.165) is 0 Å². The molecule has 4 aliphatic carbocycles. The zero-order chi connectivity index (χ0) is 17.3. The van der Waals surface area contributed by atoms with Crippen LogP contribution in [0.3, 0.4) is 0 Å². The predicted molar refractivity (Wildman–Crippen MR) is 118 cm³/mol. The smallest absolute Gasteiger partial charge is 0.147 e. The molecule has 3 heteroatoms. The third kappa shape index (κ3) is 4.32. The second-order valence-corrected chi connectivity index (χ2v) is 12.4. The number of hydrogen-bond acceptors (Lipinski definition) is 0. The zero-order valence-electron chi connectivity index (χ0n) is 17.1. The van der Waals surface area contributed by atoms with Crippen molar-refractivity contribution in [3.8, 4) is 0 Å². The minimum Gasteiger partial charge on any atom is -0.147 e. The molecule has 0 aromatic carbocycles. The molecule has 0 bridgehead atoms. The summed E-state index contributed by atoms with van der Waals surface area (Å²) in [6, 6.07) is 0. The first kappa shape index (κ1) is 23.7. The van der Waals surface area contributed by atoms with Crippen LogP contribution in [0.1, 0.15) is 90.9 Å². The number of halogens is 2. The van der Waals surface area contributed by atoms with Gasteiger partial charge in [0.2, 0.25) is 0 Å². The van der Waals surface area contributed by atoms with Crippen LogP contribution in [0.4, 0.5) is 0 Å². The minimum atomic E-state index is -0.596. The largest absolute Gasteiger partial charge is 0.147 e. The van der Waals surface area contributed by atoms with E-state index in [2.05, 4.69) is 38.2 Å². The molecule has 27 heavy (non-hydrogen) atoms. The molecule has 0 heterocycles. The van der Waals surface area contributed by atoms with Gasteiger partial charge in [-0.1, -0.05) is 0 Å².